The van der Waals surface area contributed by atoms with Crippen LogP contribution in [0.2, 0.25) is 0 Å². The molecule has 0 saturated carbocycles. The van der Waals surface area contributed by atoms with Gasteiger partial charge in [0.05, 0.1) is 0 Å². The molecule has 0 radical (unpaired) electrons. The Kier molecular flexibility index (Phi) is 12.4. The van der Waals surface area contributed by atoms with Crippen molar-refractivity contribution in [3.05, 3.63) is 115 Å². The fraction of sp³-hybridized carbons (Fsp3) is 0.148. The van der Waals surface area contributed by atoms with Crippen LogP contribution in [-0.4, -0.2) is 8.07 Å². The molecular weight excluding hydrogens is 507 g/mol. The summed E-state index contributed by atoms with van der Waals surface area (Å²) in [4.78, 5) is 0. The van der Waals surface area contributed by atoms with E-state index in [9.17, 15) is 0 Å². The van der Waals surface area contributed by atoms with Gasteiger partial charge in [-0.05, 0) is 5.41 Å². The van der Waals surface area contributed by atoms with Crippen LogP contribution in [0, 0.1) is 0 Å². The molecule has 0 heterocycles. The third kappa shape index (κ3) is 5.65. The second kappa shape index (κ2) is 12.9. The summed E-state index contributed by atoms with van der Waals surface area (Å²) in [5.41, 5.74) is 1.55. The van der Waals surface area contributed by atoms with Gasteiger partial charge in [0.15, 0.2) is 0 Å². The van der Waals surface area contributed by atoms with Crippen LogP contribution in [0.4, 0.5) is 0 Å². The summed E-state index contributed by atoms with van der Waals surface area (Å²) in [5, 5.41) is 5.81. The molecule has 164 valence electrons. The topological polar surface area (TPSA) is 0 Å². The first kappa shape index (κ1) is 30.8. The van der Waals surface area contributed by atoms with Crippen LogP contribution in [0.15, 0.2) is 109 Å². The van der Waals surface area contributed by atoms with E-state index in [0.717, 1.165) is 0 Å². The first-order chi connectivity index (χ1) is 13.5. The number of benzene rings is 3. The summed E-state index contributed by atoms with van der Waals surface area (Å²) in [7, 11) is -2.40. The summed E-state index contributed by atoms with van der Waals surface area (Å²) in [6, 6.07) is 40.4. The van der Waals surface area contributed by atoms with Gasteiger partial charge in [0.1, 0.15) is 8.07 Å². The van der Waals surface area contributed by atoms with Crippen molar-refractivity contribution >= 4 is 28.8 Å². The molecule has 0 fully saturated rings. The van der Waals surface area contributed by atoms with Crippen LogP contribution in [0.1, 0.15) is 26.3 Å². The second-order valence-electron chi connectivity index (χ2n) is 8.45. The molecule has 32 heavy (non-hydrogen) atoms. The van der Waals surface area contributed by atoms with E-state index < -0.39 is 8.07 Å². The molecule has 0 nitrogen and oxygen atoms in total. The van der Waals surface area contributed by atoms with E-state index in [0.29, 0.717) is 0 Å². The maximum Gasteiger partial charge on any atom is 4.00 e. The zero-order chi connectivity index (χ0) is 19.6. The van der Waals surface area contributed by atoms with Gasteiger partial charge in [-0.2, -0.15) is 11.6 Å². The Morgan fingerprint density at radius 3 is 1.19 bits per heavy atom. The maximum atomic E-state index is 2.37. The van der Waals surface area contributed by atoms with Crippen LogP contribution in [0.5, 0.6) is 0 Å². The number of rotatable bonds is 4. The molecule has 0 atom stereocenters. The van der Waals surface area contributed by atoms with Crippen molar-refractivity contribution in [1.29, 1.82) is 0 Å². The minimum Gasteiger partial charge on any atom is -1.00 e. The molecule has 0 aliphatic rings. The molecule has 4 aromatic carbocycles. The Bertz CT molecular complexity index is 946. The Morgan fingerprint density at radius 1 is 0.531 bits per heavy atom. The van der Waals surface area contributed by atoms with Crippen LogP contribution >= 0.6 is 0 Å². The first-order valence-electron chi connectivity index (χ1n) is 9.98. The molecule has 0 aliphatic heterocycles. The summed E-state index contributed by atoms with van der Waals surface area (Å²) in [6.07, 6.45) is 0. The molecule has 0 bridgehead atoms. The number of hydrogen-bond donors (Lipinski definition) is 0. The predicted molar refractivity (Wildman–Crippen MR) is 124 cm³/mol. The molecule has 0 N–H and O–H groups in total. The fourth-order valence-corrected chi connectivity index (χ4v) is 9.65. The van der Waals surface area contributed by atoms with Crippen molar-refractivity contribution in [3.8, 4) is 0 Å². The monoisotopic (exact) mass is 532 g/mol. The molecule has 0 aromatic heterocycles. The third-order valence-electron chi connectivity index (χ3n) is 5.65. The van der Waals surface area contributed by atoms with Gasteiger partial charge in [0.25, 0.3) is 0 Å². The van der Waals surface area contributed by atoms with E-state index in [1.807, 2.05) is 0 Å². The molecule has 0 unspecified atom stereocenters. The quantitative estimate of drug-likeness (QED) is 0.140. The summed E-state index contributed by atoms with van der Waals surface area (Å²) >= 11 is 0. The summed E-state index contributed by atoms with van der Waals surface area (Å²) in [5.74, 6) is 0. The maximum absolute atomic E-state index is 2.40. The van der Waals surface area contributed by atoms with Gasteiger partial charge in [0.2, 0.25) is 0 Å². The Hall–Kier alpha value is -1.19. The van der Waals surface area contributed by atoms with E-state index in [1.54, 1.807) is 0 Å². The second-order valence-corrected chi connectivity index (χ2v) is 12.2. The summed E-state index contributed by atoms with van der Waals surface area (Å²) in [6.45, 7) is 6.98. The van der Waals surface area contributed by atoms with E-state index in [1.165, 1.54) is 26.3 Å². The zero-order valence-corrected chi connectivity index (χ0v) is 23.4. The van der Waals surface area contributed by atoms with Crippen molar-refractivity contribution in [2.24, 2.45) is 0 Å². The Morgan fingerprint density at radius 2 is 0.875 bits per heavy atom. The van der Waals surface area contributed by atoms with Crippen molar-refractivity contribution in [2.75, 3.05) is 0 Å². The van der Waals surface area contributed by atoms with Gasteiger partial charge >= 0.3 is 21.7 Å². The first-order valence-corrected chi connectivity index (χ1v) is 12.0. The largest absolute Gasteiger partial charge is 4.00 e. The van der Waals surface area contributed by atoms with Gasteiger partial charge in [-0.3, -0.25) is 0 Å². The van der Waals surface area contributed by atoms with Crippen molar-refractivity contribution in [1.82, 2.24) is 0 Å². The standard InChI is InChI=1S/C27H27Si.3ClH.Ti/c1-27(2,3)25-20-13-21-26(25)28(22-14-7-4-8-15-22,23-16-9-5-10-17-23)24-18-11-6-12-19-24;;;;/h4-21H,1-3H3;3*1H;/q-1;;;;+4/p-3. The van der Waals surface area contributed by atoms with Gasteiger partial charge in [-0.15, -0.1) is 5.19 Å². The minimum absolute atomic E-state index is 0. The average molecular weight is 534 g/mol. The number of hydrogen-bond acceptors (Lipinski definition) is 0. The molecule has 4 aromatic rings. The molecule has 0 amide bonds. The smallest absolute Gasteiger partial charge is 1.00 e. The zero-order valence-electron chi connectivity index (χ0n) is 18.5. The Labute approximate surface area is 227 Å². The molecule has 0 spiro atoms. The van der Waals surface area contributed by atoms with Crippen molar-refractivity contribution < 1.29 is 58.9 Å². The molecule has 4 rings (SSSR count). The SMILES string of the molecule is CC(C)(C)c1ccc[c-]1[Si](c1ccccc1)(c1ccccc1)c1ccccc1.[Cl-].[Cl-].[Cl-].[Ti+4]. The van der Waals surface area contributed by atoms with Crippen molar-refractivity contribution in [2.45, 2.75) is 26.2 Å². The summed E-state index contributed by atoms with van der Waals surface area (Å²) < 4.78 is 0. The molecule has 0 saturated heterocycles. The average Bonchev–Trinajstić information content (AvgIpc) is 3.22. The van der Waals surface area contributed by atoms with E-state index in [2.05, 4.69) is 130 Å². The third-order valence-corrected chi connectivity index (χ3v) is 10.5. The van der Waals surface area contributed by atoms with Crippen molar-refractivity contribution in [3.63, 3.8) is 0 Å². The number of halogens is 3. The van der Waals surface area contributed by atoms with E-state index >= 15 is 0 Å². The van der Waals surface area contributed by atoms with Crippen LogP contribution in [-0.2, 0) is 27.1 Å². The minimum atomic E-state index is -2.40. The van der Waals surface area contributed by atoms with Crippen LogP contribution in [0.3, 0.4) is 0 Å². The Balaban J connectivity index is 0.00000240. The van der Waals surface area contributed by atoms with Gasteiger partial charge in [-0.1, -0.05) is 127 Å². The van der Waals surface area contributed by atoms with Gasteiger partial charge in [0, 0.05) is 0 Å². The van der Waals surface area contributed by atoms with Gasteiger partial charge < -0.3 is 37.2 Å². The van der Waals surface area contributed by atoms with E-state index in [-0.39, 0.29) is 64.4 Å². The normalized spacial score (nSPS) is 10.6. The predicted octanol–water partition coefficient (Wildman–Crippen LogP) is -4.91. The van der Waals surface area contributed by atoms with E-state index in [4.69, 9.17) is 0 Å². The van der Waals surface area contributed by atoms with Gasteiger partial charge in [-0.25, -0.2) is 12.1 Å². The molecular formula is C27H27Cl3SiTi. The fourth-order valence-electron chi connectivity index (χ4n) is 4.43. The van der Waals surface area contributed by atoms with Crippen LogP contribution < -0.4 is 58.0 Å². The molecule has 5 heteroatoms. The molecule has 0 aliphatic carbocycles. The van der Waals surface area contributed by atoms with Crippen LogP contribution in [0.25, 0.3) is 0 Å².